The van der Waals surface area contributed by atoms with E-state index in [-0.39, 0.29) is 11.8 Å². The summed E-state index contributed by atoms with van der Waals surface area (Å²) in [5.41, 5.74) is 2.70. The van der Waals surface area contributed by atoms with E-state index >= 15 is 0 Å². The molecule has 1 N–H and O–H groups in total. The molecule has 0 saturated carbocycles. The van der Waals surface area contributed by atoms with Crippen LogP contribution in [0.3, 0.4) is 0 Å². The molecule has 2 amide bonds. The number of thiophene rings is 1. The van der Waals surface area contributed by atoms with Gasteiger partial charge < -0.3 is 14.7 Å². The van der Waals surface area contributed by atoms with Gasteiger partial charge in [0.25, 0.3) is 5.91 Å². The summed E-state index contributed by atoms with van der Waals surface area (Å²) in [5.74, 6) is 0.364. The second-order valence-electron chi connectivity index (χ2n) is 7.89. The van der Waals surface area contributed by atoms with Crippen molar-refractivity contribution in [2.75, 3.05) is 20.1 Å². The van der Waals surface area contributed by atoms with Crippen LogP contribution in [0.5, 0.6) is 0 Å². The Balaban J connectivity index is 1.56. The highest BCUT2D eigenvalue weighted by Crippen LogP contribution is 2.36. The molecule has 0 radical (unpaired) electrons. The van der Waals surface area contributed by atoms with Crippen LogP contribution in [0.2, 0.25) is 0 Å². The molecular weight excluding hydrogens is 398 g/mol. The number of aryl methyl sites for hydroxylation is 2. The van der Waals surface area contributed by atoms with Gasteiger partial charge in [-0.25, -0.2) is 0 Å². The third-order valence-corrected chi connectivity index (χ3v) is 6.82. The highest BCUT2D eigenvalue weighted by atomic mass is 32.1. The van der Waals surface area contributed by atoms with Gasteiger partial charge in [-0.1, -0.05) is 35.5 Å². The number of benzene rings is 1. The van der Waals surface area contributed by atoms with Crippen molar-refractivity contribution in [3.63, 3.8) is 0 Å². The van der Waals surface area contributed by atoms with Crippen molar-refractivity contribution in [2.45, 2.75) is 26.7 Å². The standard InChI is InChI=1S/C23H25N3O3S/c1-15-20(16(2)29-25-15)21(27)26-11-10-23(14-26,22(28)24-3)13-17-6-8-18(9-7-17)19-5-4-12-30-19/h4-9,12H,10-11,13-14H2,1-3H3,(H,24,28)/t23-/m0/s1. The van der Waals surface area contributed by atoms with Gasteiger partial charge >= 0.3 is 0 Å². The number of aromatic nitrogens is 1. The van der Waals surface area contributed by atoms with Crippen molar-refractivity contribution >= 4 is 23.2 Å². The molecule has 1 fully saturated rings. The molecule has 3 heterocycles. The molecule has 0 unspecified atom stereocenters. The first-order valence-electron chi connectivity index (χ1n) is 10.0. The first-order chi connectivity index (χ1) is 14.4. The van der Waals surface area contributed by atoms with Crippen molar-refractivity contribution in [3.8, 4) is 10.4 Å². The van der Waals surface area contributed by atoms with Gasteiger partial charge in [0.1, 0.15) is 11.3 Å². The molecule has 7 heteroatoms. The van der Waals surface area contributed by atoms with Crippen LogP contribution in [0.15, 0.2) is 46.3 Å². The van der Waals surface area contributed by atoms with E-state index in [4.69, 9.17) is 4.52 Å². The Bertz CT molecular complexity index is 1040. The minimum Gasteiger partial charge on any atom is -0.361 e. The fraction of sp³-hybridized carbons (Fsp3) is 0.348. The fourth-order valence-corrected chi connectivity index (χ4v) is 5.02. The SMILES string of the molecule is CNC(=O)[C@]1(Cc2ccc(-c3cccs3)cc2)CCN(C(=O)c2c(C)noc2C)C1. The molecule has 1 atom stereocenters. The Morgan fingerprint density at radius 1 is 1.23 bits per heavy atom. The second kappa shape index (κ2) is 8.07. The van der Waals surface area contributed by atoms with Crippen LogP contribution in [0.25, 0.3) is 10.4 Å². The molecule has 2 aromatic heterocycles. The smallest absolute Gasteiger partial charge is 0.259 e. The Morgan fingerprint density at radius 2 is 2.00 bits per heavy atom. The molecule has 30 heavy (non-hydrogen) atoms. The van der Waals surface area contributed by atoms with E-state index in [1.54, 1.807) is 37.1 Å². The number of carbonyl (C=O) groups excluding carboxylic acids is 2. The maximum absolute atomic E-state index is 13.1. The molecule has 1 aromatic carbocycles. The van der Waals surface area contributed by atoms with Crippen LogP contribution in [-0.4, -0.2) is 42.0 Å². The molecule has 0 bridgehead atoms. The molecular formula is C23H25N3O3S. The largest absolute Gasteiger partial charge is 0.361 e. The minimum atomic E-state index is -0.645. The van der Waals surface area contributed by atoms with Crippen LogP contribution in [-0.2, 0) is 11.2 Å². The maximum Gasteiger partial charge on any atom is 0.259 e. The second-order valence-corrected chi connectivity index (χ2v) is 8.83. The Labute approximate surface area is 179 Å². The summed E-state index contributed by atoms with van der Waals surface area (Å²) in [4.78, 5) is 29.0. The number of hydrogen-bond acceptors (Lipinski definition) is 5. The van der Waals surface area contributed by atoms with Gasteiger partial charge in [0, 0.05) is 25.0 Å². The van der Waals surface area contributed by atoms with Crippen molar-refractivity contribution in [3.05, 3.63) is 64.4 Å². The van der Waals surface area contributed by atoms with E-state index in [0.717, 1.165) is 5.56 Å². The lowest BCUT2D eigenvalue weighted by Crippen LogP contribution is -2.44. The Hall–Kier alpha value is -2.93. The topological polar surface area (TPSA) is 75.4 Å². The van der Waals surface area contributed by atoms with Crippen LogP contribution in [0.4, 0.5) is 0 Å². The molecule has 156 valence electrons. The molecule has 3 aromatic rings. The normalized spacial score (nSPS) is 18.6. The van der Waals surface area contributed by atoms with Gasteiger partial charge in [-0.05, 0) is 49.3 Å². The quantitative estimate of drug-likeness (QED) is 0.677. The molecule has 1 aliphatic heterocycles. The van der Waals surface area contributed by atoms with Crippen LogP contribution >= 0.6 is 11.3 Å². The van der Waals surface area contributed by atoms with E-state index in [0.29, 0.717) is 42.9 Å². The summed E-state index contributed by atoms with van der Waals surface area (Å²) < 4.78 is 5.16. The summed E-state index contributed by atoms with van der Waals surface area (Å²) in [7, 11) is 1.66. The zero-order chi connectivity index (χ0) is 21.3. The predicted octanol–water partition coefficient (Wildman–Crippen LogP) is 3.84. The lowest BCUT2D eigenvalue weighted by molar-refractivity contribution is -0.129. The summed E-state index contributed by atoms with van der Waals surface area (Å²) in [6.45, 7) is 4.41. The summed E-state index contributed by atoms with van der Waals surface area (Å²) in [5, 5.41) is 8.77. The highest BCUT2D eigenvalue weighted by Gasteiger charge is 2.46. The average molecular weight is 424 g/mol. The van der Waals surface area contributed by atoms with Gasteiger partial charge in [0.05, 0.1) is 11.1 Å². The van der Waals surface area contributed by atoms with Gasteiger partial charge in [-0.2, -0.15) is 0 Å². The number of amides is 2. The number of carbonyl (C=O) groups is 2. The van der Waals surface area contributed by atoms with Crippen LogP contribution < -0.4 is 5.32 Å². The Morgan fingerprint density at radius 3 is 2.60 bits per heavy atom. The fourth-order valence-electron chi connectivity index (χ4n) is 4.29. The average Bonchev–Trinajstić information content (AvgIpc) is 3.49. The van der Waals surface area contributed by atoms with Crippen molar-refractivity contribution in [1.29, 1.82) is 0 Å². The first kappa shape index (κ1) is 20.3. The maximum atomic E-state index is 13.1. The van der Waals surface area contributed by atoms with Crippen molar-refractivity contribution < 1.29 is 14.1 Å². The monoisotopic (exact) mass is 423 g/mol. The van der Waals surface area contributed by atoms with Gasteiger partial charge in [0.2, 0.25) is 5.91 Å². The van der Waals surface area contributed by atoms with Gasteiger partial charge in [0.15, 0.2) is 0 Å². The predicted molar refractivity (Wildman–Crippen MR) is 116 cm³/mol. The zero-order valence-electron chi connectivity index (χ0n) is 17.4. The lowest BCUT2D eigenvalue weighted by atomic mass is 9.79. The van der Waals surface area contributed by atoms with Gasteiger partial charge in [-0.15, -0.1) is 11.3 Å². The number of nitrogens with one attached hydrogen (secondary N) is 1. The van der Waals surface area contributed by atoms with Crippen molar-refractivity contribution in [1.82, 2.24) is 15.4 Å². The van der Waals surface area contributed by atoms with Crippen LogP contribution in [0.1, 0.15) is 33.8 Å². The third-order valence-electron chi connectivity index (χ3n) is 5.90. The molecule has 6 nitrogen and oxygen atoms in total. The van der Waals surface area contributed by atoms with Crippen LogP contribution in [0, 0.1) is 19.3 Å². The summed E-state index contributed by atoms with van der Waals surface area (Å²) in [6, 6.07) is 12.5. The number of nitrogens with zero attached hydrogens (tertiary/aromatic N) is 2. The van der Waals surface area contributed by atoms with Crippen molar-refractivity contribution in [2.24, 2.45) is 5.41 Å². The summed E-state index contributed by atoms with van der Waals surface area (Å²) >= 11 is 1.71. The number of rotatable bonds is 5. The first-order valence-corrected chi connectivity index (χ1v) is 10.9. The highest BCUT2D eigenvalue weighted by molar-refractivity contribution is 7.13. The molecule has 0 aliphatic carbocycles. The molecule has 0 spiro atoms. The minimum absolute atomic E-state index is 0.0288. The Kier molecular flexibility index (Phi) is 5.47. The summed E-state index contributed by atoms with van der Waals surface area (Å²) in [6.07, 6.45) is 1.21. The lowest BCUT2D eigenvalue weighted by Gasteiger charge is -2.28. The van der Waals surface area contributed by atoms with E-state index < -0.39 is 5.41 Å². The number of hydrogen-bond donors (Lipinski definition) is 1. The molecule has 1 saturated heterocycles. The zero-order valence-corrected chi connectivity index (χ0v) is 18.2. The van der Waals surface area contributed by atoms with E-state index in [2.05, 4.69) is 46.2 Å². The molecule has 4 rings (SSSR count). The van der Waals surface area contributed by atoms with E-state index in [1.807, 2.05) is 6.07 Å². The molecule has 1 aliphatic rings. The third kappa shape index (κ3) is 3.65. The van der Waals surface area contributed by atoms with Gasteiger partial charge in [-0.3, -0.25) is 9.59 Å². The number of likely N-dealkylation sites (tertiary alicyclic amines) is 1. The van der Waals surface area contributed by atoms with E-state index in [9.17, 15) is 9.59 Å². The van der Waals surface area contributed by atoms with E-state index in [1.165, 1.54) is 10.4 Å².